The molecule has 0 radical (unpaired) electrons. The van der Waals surface area contributed by atoms with Crippen LogP contribution in [0.2, 0.25) is 0 Å². The van der Waals surface area contributed by atoms with Crippen molar-refractivity contribution in [2.45, 2.75) is 101 Å². The second-order valence-corrected chi connectivity index (χ2v) is 16.3. The highest BCUT2D eigenvalue weighted by Gasteiger charge is 2.35. The van der Waals surface area contributed by atoms with Gasteiger partial charge in [0, 0.05) is 5.41 Å². The largest absolute Gasteiger partial charge is 0.0871 e. The van der Waals surface area contributed by atoms with Crippen molar-refractivity contribution < 1.29 is 0 Å². The molecule has 0 saturated carbocycles. The van der Waals surface area contributed by atoms with Crippen LogP contribution in [0.3, 0.4) is 0 Å². The lowest BCUT2D eigenvalue weighted by atomic mass is 9.79. The van der Waals surface area contributed by atoms with Gasteiger partial charge in [-0.15, -0.1) is 0 Å². The Balaban J connectivity index is 0.000000199. The van der Waals surface area contributed by atoms with Crippen molar-refractivity contribution in [3.8, 4) is 11.1 Å². The SMILES string of the molecule is C/C=C\c1cc2c(cc1C)C\C=C/C=C\C2=C\C.CC.Cc1ccc2c(c1)C(C)(C)c1cc(CC3=C(c4ccccc4C)C(C)CC=C3)ccc1-2.Cc1ccccc1. The van der Waals surface area contributed by atoms with Crippen molar-refractivity contribution in [2.75, 3.05) is 0 Å². The van der Waals surface area contributed by atoms with Gasteiger partial charge in [0.25, 0.3) is 0 Å². The molecule has 0 nitrogen and oxygen atoms in total. The van der Waals surface area contributed by atoms with E-state index in [9.17, 15) is 0 Å². The van der Waals surface area contributed by atoms with E-state index in [-0.39, 0.29) is 5.41 Å². The summed E-state index contributed by atoms with van der Waals surface area (Å²) in [5.74, 6) is 0.555. The number of hydrogen-bond acceptors (Lipinski definition) is 0. The number of fused-ring (bicyclic) bond motifs is 4. The van der Waals surface area contributed by atoms with Crippen LogP contribution in [0.4, 0.5) is 0 Å². The van der Waals surface area contributed by atoms with Gasteiger partial charge in [-0.25, -0.2) is 0 Å². The van der Waals surface area contributed by atoms with Gasteiger partial charge in [-0.3, -0.25) is 0 Å². The van der Waals surface area contributed by atoms with Gasteiger partial charge in [-0.2, -0.15) is 0 Å². The van der Waals surface area contributed by atoms with Crippen molar-refractivity contribution >= 4 is 17.2 Å². The summed E-state index contributed by atoms with van der Waals surface area (Å²) in [7, 11) is 0. The highest BCUT2D eigenvalue weighted by atomic mass is 14.4. The maximum atomic E-state index is 2.47. The number of benzene rings is 5. The summed E-state index contributed by atoms with van der Waals surface area (Å²) < 4.78 is 0. The molecule has 0 fully saturated rings. The van der Waals surface area contributed by atoms with Crippen LogP contribution in [0, 0.1) is 33.6 Å². The number of hydrogen-bond donors (Lipinski definition) is 0. The molecule has 1 unspecified atom stereocenters. The first-order chi connectivity index (χ1) is 28.0. The third-order valence-corrected chi connectivity index (χ3v) is 11.6. The monoisotopic (exact) mass is 763 g/mol. The molecule has 298 valence electrons. The average molecular weight is 763 g/mol. The van der Waals surface area contributed by atoms with Crippen LogP contribution in [0.5, 0.6) is 0 Å². The van der Waals surface area contributed by atoms with E-state index < -0.39 is 0 Å². The zero-order valence-electron chi connectivity index (χ0n) is 37.2. The maximum Gasteiger partial charge on any atom is 0.0159 e. The lowest BCUT2D eigenvalue weighted by Crippen LogP contribution is -2.15. The second kappa shape index (κ2) is 20.3. The van der Waals surface area contributed by atoms with E-state index in [1.165, 1.54) is 89.0 Å². The first-order valence-electron chi connectivity index (χ1n) is 21.5. The Labute approximate surface area is 352 Å². The molecule has 0 heterocycles. The van der Waals surface area contributed by atoms with Crippen LogP contribution >= 0.6 is 0 Å². The quantitative estimate of drug-likeness (QED) is 0.171. The summed E-state index contributed by atoms with van der Waals surface area (Å²) in [5, 5.41) is 0. The molecule has 3 aliphatic rings. The minimum Gasteiger partial charge on any atom is -0.0871 e. The van der Waals surface area contributed by atoms with Gasteiger partial charge >= 0.3 is 0 Å². The van der Waals surface area contributed by atoms with E-state index in [0.29, 0.717) is 5.92 Å². The average Bonchev–Trinajstić information content (AvgIpc) is 3.43. The van der Waals surface area contributed by atoms with E-state index in [2.05, 4.69) is 202 Å². The summed E-state index contributed by atoms with van der Waals surface area (Å²) in [6.07, 6.45) is 23.0. The van der Waals surface area contributed by atoms with Crippen molar-refractivity contribution in [2.24, 2.45) is 5.92 Å². The van der Waals surface area contributed by atoms with E-state index in [1.807, 2.05) is 32.0 Å². The van der Waals surface area contributed by atoms with Crippen LogP contribution in [-0.4, -0.2) is 0 Å². The molecular weight excluding hydrogens is 697 g/mol. The number of aryl methyl sites for hydroxylation is 4. The Morgan fingerprint density at radius 1 is 0.638 bits per heavy atom. The molecule has 5 aromatic carbocycles. The molecule has 8 rings (SSSR count). The normalized spacial score (nSPS) is 17.6. The minimum absolute atomic E-state index is 0.0512. The van der Waals surface area contributed by atoms with Gasteiger partial charge in [0.15, 0.2) is 0 Å². The summed E-state index contributed by atoms with van der Waals surface area (Å²) >= 11 is 0. The smallest absolute Gasteiger partial charge is 0.0159 e. The molecule has 58 heavy (non-hydrogen) atoms. The molecule has 0 N–H and O–H groups in total. The third kappa shape index (κ3) is 10.2. The van der Waals surface area contributed by atoms with Crippen molar-refractivity contribution in [3.05, 3.63) is 219 Å². The minimum atomic E-state index is 0.0512. The van der Waals surface area contributed by atoms with Crippen LogP contribution in [-0.2, 0) is 18.3 Å². The van der Waals surface area contributed by atoms with Crippen LogP contribution < -0.4 is 0 Å². The second-order valence-electron chi connectivity index (χ2n) is 16.3. The first kappa shape index (κ1) is 43.7. The molecule has 5 aromatic rings. The standard InChI is InChI=1S/C31H32.C18H20.C7H8.C2H6/c1-20-13-15-26-27-16-14-23(19-29(27)31(4,5)28(26)17-20)18-24-11-8-10-22(3)30(24)25-12-7-6-9-21(25)2;1-4-9-16-13-18-15(5-2)10-7-6-8-11-17(18)12-14(16)3;1-7-5-3-2-4-6-7;1-2/h6-9,11-17,19,22H,10,18H2,1-5H3;4-10,12-13H,11H2,1-3H3;2-6H,1H3;1-2H3/b;8-6-,9-4-,10-7-,15-5-;;. The third-order valence-electron chi connectivity index (χ3n) is 11.6. The van der Waals surface area contributed by atoms with Crippen molar-refractivity contribution in [3.63, 3.8) is 0 Å². The zero-order chi connectivity index (χ0) is 41.8. The van der Waals surface area contributed by atoms with Gasteiger partial charge in [0.05, 0.1) is 0 Å². The number of allylic oxidation sites excluding steroid dienone is 11. The van der Waals surface area contributed by atoms with E-state index in [1.54, 1.807) is 0 Å². The van der Waals surface area contributed by atoms with Crippen LogP contribution in [0.25, 0.3) is 28.3 Å². The Morgan fingerprint density at radius 3 is 2.00 bits per heavy atom. The fourth-order valence-corrected chi connectivity index (χ4v) is 8.52. The Bertz CT molecular complexity index is 2360. The highest BCUT2D eigenvalue weighted by molar-refractivity contribution is 5.82. The predicted octanol–water partition coefficient (Wildman–Crippen LogP) is 16.3. The maximum absolute atomic E-state index is 2.47. The number of rotatable bonds is 4. The summed E-state index contributed by atoms with van der Waals surface area (Å²) in [4.78, 5) is 0. The van der Waals surface area contributed by atoms with Crippen LogP contribution in [0.1, 0.15) is 116 Å². The molecule has 0 aromatic heterocycles. The van der Waals surface area contributed by atoms with Crippen molar-refractivity contribution in [1.29, 1.82) is 0 Å². The molecule has 0 amide bonds. The molecule has 0 heteroatoms. The molecule has 1 atom stereocenters. The van der Waals surface area contributed by atoms with Gasteiger partial charge in [-0.05, 0) is 151 Å². The Kier molecular flexibility index (Phi) is 15.3. The zero-order valence-corrected chi connectivity index (χ0v) is 37.2. The highest BCUT2D eigenvalue weighted by Crippen LogP contribution is 2.49. The van der Waals surface area contributed by atoms with E-state index in [4.69, 9.17) is 0 Å². The van der Waals surface area contributed by atoms with Gasteiger partial charge < -0.3 is 0 Å². The van der Waals surface area contributed by atoms with Crippen LogP contribution in [0.15, 0.2) is 157 Å². The van der Waals surface area contributed by atoms with E-state index in [0.717, 1.165) is 19.3 Å². The fraction of sp³-hybridized carbons (Fsp3) is 0.276. The van der Waals surface area contributed by atoms with Gasteiger partial charge in [-0.1, -0.05) is 197 Å². The predicted molar refractivity (Wildman–Crippen MR) is 258 cm³/mol. The van der Waals surface area contributed by atoms with E-state index >= 15 is 0 Å². The molecular formula is C58H66. The van der Waals surface area contributed by atoms with Gasteiger partial charge in [0.2, 0.25) is 0 Å². The molecule has 0 aliphatic heterocycles. The lowest BCUT2D eigenvalue weighted by Gasteiger charge is -2.25. The topological polar surface area (TPSA) is 0 Å². The Morgan fingerprint density at radius 2 is 1.33 bits per heavy atom. The lowest BCUT2D eigenvalue weighted by molar-refractivity contribution is 0.658. The molecule has 3 aliphatic carbocycles. The van der Waals surface area contributed by atoms with Gasteiger partial charge in [0.1, 0.15) is 0 Å². The molecule has 0 bridgehead atoms. The summed E-state index contributed by atoms with van der Waals surface area (Å²) in [5.41, 5.74) is 22.4. The Hall–Kier alpha value is -5.46. The molecule has 0 spiro atoms. The molecule has 0 saturated heterocycles. The summed E-state index contributed by atoms with van der Waals surface area (Å²) in [6, 6.07) is 37.8. The fourth-order valence-electron chi connectivity index (χ4n) is 8.52. The van der Waals surface area contributed by atoms with Crippen molar-refractivity contribution in [1.82, 2.24) is 0 Å². The summed E-state index contributed by atoms with van der Waals surface area (Å²) in [6.45, 7) is 24.0. The first-order valence-corrected chi connectivity index (χ1v) is 21.5.